The maximum atomic E-state index is 12.5. The van der Waals surface area contributed by atoms with Gasteiger partial charge >= 0.3 is 6.09 Å². The molecule has 0 bridgehead atoms. The Balaban J connectivity index is 1.24. The number of fused-ring (bicyclic) bond motifs is 1. The van der Waals surface area contributed by atoms with Crippen LogP contribution in [-0.2, 0) is 16.1 Å². The molecule has 2 amide bonds. The molecule has 0 radical (unpaired) electrons. The van der Waals surface area contributed by atoms with Crippen molar-refractivity contribution in [1.82, 2.24) is 20.7 Å². The number of nitrogens with zero attached hydrogens (tertiary/aromatic N) is 3. The second kappa shape index (κ2) is 9.08. The molecule has 3 heterocycles. The molecule has 8 heteroatoms. The van der Waals surface area contributed by atoms with Crippen LogP contribution in [0.5, 0.6) is 0 Å². The topological polar surface area (TPSA) is 77.2 Å². The van der Waals surface area contributed by atoms with Crippen molar-refractivity contribution in [2.24, 2.45) is 0 Å². The lowest BCUT2D eigenvalue weighted by molar-refractivity contribution is -0.122. The second-order valence-electron chi connectivity index (χ2n) is 9.11. The number of benzene rings is 1. The van der Waals surface area contributed by atoms with E-state index in [0.29, 0.717) is 19.6 Å². The van der Waals surface area contributed by atoms with Crippen molar-refractivity contribution < 1.29 is 14.3 Å². The summed E-state index contributed by atoms with van der Waals surface area (Å²) in [5.41, 5.74) is 5.80. The van der Waals surface area contributed by atoms with Crippen molar-refractivity contribution in [3.63, 3.8) is 0 Å². The monoisotopic (exact) mass is 437 g/mol. The van der Waals surface area contributed by atoms with Gasteiger partial charge in [0.15, 0.2) is 0 Å². The van der Waals surface area contributed by atoms with Crippen molar-refractivity contribution in [1.29, 1.82) is 0 Å². The predicted molar refractivity (Wildman–Crippen MR) is 123 cm³/mol. The fraction of sp³-hybridized carbons (Fsp3) is 0.417. The summed E-state index contributed by atoms with van der Waals surface area (Å²) in [5.74, 6) is -0.0592. The lowest BCUT2D eigenvalue weighted by atomic mass is 10.1. The van der Waals surface area contributed by atoms with E-state index in [1.807, 2.05) is 68.4 Å². The van der Waals surface area contributed by atoms with Crippen molar-refractivity contribution in [3.8, 4) is 0 Å². The van der Waals surface area contributed by atoms with E-state index in [1.54, 1.807) is 4.90 Å². The number of rotatable bonds is 4. The minimum Gasteiger partial charge on any atom is -0.444 e. The number of allylic oxidation sites excluding steroid dienone is 3. The van der Waals surface area contributed by atoms with Crippen molar-refractivity contribution in [2.45, 2.75) is 39.0 Å². The fourth-order valence-corrected chi connectivity index (χ4v) is 3.80. The highest BCUT2D eigenvalue weighted by atomic mass is 16.6. The minimum atomic E-state index is -0.478. The van der Waals surface area contributed by atoms with Gasteiger partial charge in [0.2, 0.25) is 5.91 Å². The number of carbonyl (C=O) groups is 2. The van der Waals surface area contributed by atoms with Gasteiger partial charge < -0.3 is 19.9 Å². The van der Waals surface area contributed by atoms with Crippen LogP contribution >= 0.6 is 0 Å². The highest BCUT2D eigenvalue weighted by Gasteiger charge is 2.27. The zero-order chi connectivity index (χ0) is 22.7. The van der Waals surface area contributed by atoms with Gasteiger partial charge in [0.25, 0.3) is 0 Å². The molecule has 1 atom stereocenters. The lowest BCUT2D eigenvalue weighted by Crippen LogP contribution is -2.50. The quantitative estimate of drug-likeness (QED) is 0.754. The molecule has 0 saturated carbocycles. The number of hydrogen-bond acceptors (Lipinski definition) is 6. The molecule has 1 unspecified atom stereocenters. The Hall–Kier alpha value is -3.26. The molecule has 1 saturated heterocycles. The van der Waals surface area contributed by atoms with Crippen LogP contribution in [0, 0.1) is 0 Å². The van der Waals surface area contributed by atoms with Gasteiger partial charge in [-0.3, -0.25) is 9.80 Å². The van der Waals surface area contributed by atoms with Crippen molar-refractivity contribution >= 4 is 17.7 Å². The van der Waals surface area contributed by atoms with Crippen LogP contribution in [0.4, 0.5) is 10.5 Å². The van der Waals surface area contributed by atoms with Gasteiger partial charge in [0.05, 0.1) is 5.70 Å². The Labute approximate surface area is 189 Å². The van der Waals surface area contributed by atoms with E-state index in [2.05, 4.69) is 27.8 Å². The van der Waals surface area contributed by atoms with Crippen LogP contribution in [0.15, 0.2) is 60.5 Å². The molecule has 1 aromatic rings. The molecule has 0 aromatic heterocycles. The largest absolute Gasteiger partial charge is 0.444 e. The summed E-state index contributed by atoms with van der Waals surface area (Å²) in [5, 5.41) is 4.84. The number of anilines is 1. The summed E-state index contributed by atoms with van der Waals surface area (Å²) < 4.78 is 5.46. The number of amides is 2. The van der Waals surface area contributed by atoms with Gasteiger partial charge in [-0.1, -0.05) is 18.2 Å². The van der Waals surface area contributed by atoms with E-state index in [-0.39, 0.29) is 18.0 Å². The average molecular weight is 438 g/mol. The number of hydrogen-bond donors (Lipinski definition) is 2. The Morgan fingerprint density at radius 3 is 2.47 bits per heavy atom. The van der Waals surface area contributed by atoms with Gasteiger partial charge in [0, 0.05) is 44.6 Å². The van der Waals surface area contributed by atoms with Crippen LogP contribution in [0.2, 0.25) is 0 Å². The molecule has 170 valence electrons. The second-order valence-corrected chi connectivity index (χ2v) is 9.11. The third-order valence-corrected chi connectivity index (χ3v) is 5.49. The highest BCUT2D eigenvalue weighted by molar-refractivity contribution is 5.84. The maximum Gasteiger partial charge on any atom is 0.410 e. The first-order valence-corrected chi connectivity index (χ1v) is 11.0. The number of ether oxygens (including phenoxy) is 1. The molecule has 32 heavy (non-hydrogen) atoms. The van der Waals surface area contributed by atoms with Crippen LogP contribution in [0.25, 0.3) is 0 Å². The SMILES string of the molecule is CC(C)(C)OC(=O)N1CCN(c2ccc(CNC(=O)C3C=C4C=CC=CN4N3)cc2)CC1. The van der Waals surface area contributed by atoms with E-state index < -0.39 is 5.60 Å². The average Bonchev–Trinajstić information content (AvgIpc) is 3.21. The van der Waals surface area contributed by atoms with E-state index in [4.69, 9.17) is 4.74 Å². The molecule has 1 fully saturated rings. The van der Waals surface area contributed by atoms with E-state index >= 15 is 0 Å². The van der Waals surface area contributed by atoms with Gasteiger partial charge in [-0.2, -0.15) is 0 Å². The third-order valence-electron chi connectivity index (χ3n) is 5.49. The van der Waals surface area contributed by atoms with Gasteiger partial charge in [-0.05, 0) is 56.7 Å². The van der Waals surface area contributed by atoms with Crippen LogP contribution < -0.4 is 15.6 Å². The number of nitrogens with one attached hydrogen (secondary N) is 2. The standard InChI is InChI=1S/C24H31N5O3/c1-24(2,3)32-23(31)28-14-12-27(13-15-28)19-9-7-18(8-10-19)17-25-22(30)21-16-20-6-4-5-11-29(20)26-21/h4-11,16,21,26H,12-15,17H2,1-3H3,(H,25,30). The smallest absolute Gasteiger partial charge is 0.410 e. The van der Waals surface area contributed by atoms with Gasteiger partial charge in [-0.25, -0.2) is 10.2 Å². The number of hydrazine groups is 1. The molecule has 2 N–H and O–H groups in total. The molecule has 0 spiro atoms. The predicted octanol–water partition coefficient (Wildman–Crippen LogP) is 2.52. The lowest BCUT2D eigenvalue weighted by Gasteiger charge is -2.36. The first-order valence-electron chi connectivity index (χ1n) is 11.0. The molecule has 1 aromatic carbocycles. The van der Waals surface area contributed by atoms with E-state index in [0.717, 1.165) is 30.0 Å². The van der Waals surface area contributed by atoms with Crippen molar-refractivity contribution in [3.05, 3.63) is 66.0 Å². The minimum absolute atomic E-state index is 0.0592. The Bertz CT molecular complexity index is 937. The molecule has 3 aliphatic heterocycles. The fourth-order valence-electron chi connectivity index (χ4n) is 3.80. The van der Waals surface area contributed by atoms with E-state index in [1.165, 1.54) is 0 Å². The first kappa shape index (κ1) is 22.0. The zero-order valence-electron chi connectivity index (χ0n) is 18.9. The Morgan fingerprint density at radius 1 is 1.09 bits per heavy atom. The Morgan fingerprint density at radius 2 is 1.81 bits per heavy atom. The summed E-state index contributed by atoms with van der Waals surface area (Å²) in [4.78, 5) is 28.8. The highest BCUT2D eigenvalue weighted by Crippen LogP contribution is 2.20. The third kappa shape index (κ3) is 5.31. The summed E-state index contributed by atoms with van der Waals surface area (Å²) in [6.45, 7) is 8.91. The molecular weight excluding hydrogens is 406 g/mol. The molecular formula is C24H31N5O3. The maximum absolute atomic E-state index is 12.5. The molecule has 4 rings (SSSR count). The van der Waals surface area contributed by atoms with E-state index in [9.17, 15) is 9.59 Å². The van der Waals surface area contributed by atoms with Crippen LogP contribution in [0.1, 0.15) is 26.3 Å². The first-order chi connectivity index (χ1) is 15.3. The van der Waals surface area contributed by atoms with Crippen LogP contribution in [-0.4, -0.2) is 59.7 Å². The molecule has 8 nitrogen and oxygen atoms in total. The summed E-state index contributed by atoms with van der Waals surface area (Å²) >= 11 is 0. The number of piperazine rings is 1. The summed E-state index contributed by atoms with van der Waals surface area (Å²) in [6, 6.07) is 7.82. The Kier molecular flexibility index (Phi) is 6.23. The summed E-state index contributed by atoms with van der Waals surface area (Å²) in [7, 11) is 0. The van der Waals surface area contributed by atoms with Crippen molar-refractivity contribution in [2.75, 3.05) is 31.1 Å². The number of carbonyl (C=O) groups excluding carboxylic acids is 2. The normalized spacial score (nSPS) is 20.2. The van der Waals surface area contributed by atoms with Gasteiger partial charge in [-0.15, -0.1) is 0 Å². The molecule has 0 aliphatic carbocycles. The van der Waals surface area contributed by atoms with Gasteiger partial charge in [0.1, 0.15) is 11.6 Å². The zero-order valence-corrected chi connectivity index (χ0v) is 18.9. The van der Waals surface area contributed by atoms with Crippen LogP contribution in [0.3, 0.4) is 0 Å². The summed E-state index contributed by atoms with van der Waals surface area (Å²) in [6.07, 6.45) is 9.39. The molecule has 3 aliphatic rings.